The van der Waals surface area contributed by atoms with E-state index in [1.54, 1.807) is 21.6 Å². The van der Waals surface area contributed by atoms with Crippen LogP contribution in [0.15, 0.2) is 0 Å². The van der Waals surface area contributed by atoms with Crippen molar-refractivity contribution >= 4 is 33.5 Å². The van der Waals surface area contributed by atoms with Crippen molar-refractivity contribution in [1.29, 1.82) is 0 Å². The molecular weight excluding hydrogens is 616 g/mol. The first-order chi connectivity index (χ1) is 21.0. The van der Waals surface area contributed by atoms with Gasteiger partial charge in [0.15, 0.2) is 0 Å². The van der Waals surface area contributed by atoms with Crippen LogP contribution in [0.2, 0.25) is 0 Å². The molecule has 0 bridgehead atoms. The lowest BCUT2D eigenvalue weighted by atomic mass is 10.2. The van der Waals surface area contributed by atoms with Crippen LogP contribution in [0.5, 0.6) is 0 Å². The second kappa shape index (κ2) is 29.7. The third-order valence-electron chi connectivity index (χ3n) is 4.68. The largest absolute Gasteiger partial charge is 0.460 e. The lowest BCUT2D eigenvalue weighted by Gasteiger charge is -2.19. The van der Waals surface area contributed by atoms with E-state index < -0.39 is 11.2 Å². The van der Waals surface area contributed by atoms with Crippen LogP contribution in [-0.4, -0.2) is 140 Å². The summed E-state index contributed by atoms with van der Waals surface area (Å²) in [5.74, 6) is 1.28. The van der Waals surface area contributed by atoms with Crippen LogP contribution in [-0.2, 0) is 57.0 Å². The van der Waals surface area contributed by atoms with Crippen LogP contribution in [0.4, 0.5) is 0 Å². The van der Waals surface area contributed by atoms with Gasteiger partial charge in [0, 0.05) is 11.5 Å². The molecule has 0 spiro atoms. The number of ether oxygens (including phenoxy) is 10. The summed E-state index contributed by atoms with van der Waals surface area (Å²) in [6, 6.07) is 0. The number of rotatable bonds is 31. The Kier molecular flexibility index (Phi) is 29.2. The van der Waals surface area contributed by atoms with Gasteiger partial charge in [-0.05, 0) is 41.5 Å². The van der Waals surface area contributed by atoms with Crippen LogP contribution in [0.1, 0.15) is 54.4 Å². The molecule has 0 atom stereocenters. The van der Waals surface area contributed by atoms with Crippen molar-refractivity contribution in [2.24, 2.45) is 0 Å². The molecule has 0 N–H and O–H groups in total. The van der Waals surface area contributed by atoms with Gasteiger partial charge in [-0.15, -0.1) is 0 Å². The summed E-state index contributed by atoms with van der Waals surface area (Å²) in [4.78, 5) is 23.1. The van der Waals surface area contributed by atoms with E-state index in [-0.39, 0.29) is 24.8 Å². The van der Waals surface area contributed by atoms with E-state index in [1.165, 1.54) is 0 Å². The highest BCUT2D eigenvalue weighted by Gasteiger charge is 2.16. The topological polar surface area (TPSA) is 126 Å². The lowest BCUT2D eigenvalue weighted by Crippen LogP contribution is -2.24. The molecule has 0 unspecified atom stereocenters. The van der Waals surface area contributed by atoms with Crippen LogP contribution in [0, 0.1) is 0 Å². The first kappa shape index (κ1) is 43.3. The number of hydrogen-bond donors (Lipinski definition) is 0. The van der Waals surface area contributed by atoms with E-state index in [0.29, 0.717) is 106 Å². The monoisotopic (exact) mass is 674 g/mol. The van der Waals surface area contributed by atoms with Crippen molar-refractivity contribution in [3.05, 3.63) is 0 Å². The Balaban J connectivity index is 3.15. The molecule has 12 nitrogen and oxygen atoms in total. The third-order valence-corrected chi connectivity index (χ3v) is 7.01. The zero-order valence-electron chi connectivity index (χ0n) is 27.9. The Hall–Kier alpha value is -0.680. The predicted octanol–water partition coefficient (Wildman–Crippen LogP) is 3.96. The summed E-state index contributed by atoms with van der Waals surface area (Å²) in [5, 5.41) is 0. The van der Waals surface area contributed by atoms with Crippen LogP contribution in [0.25, 0.3) is 0 Å². The van der Waals surface area contributed by atoms with E-state index in [0.717, 1.165) is 11.5 Å². The van der Waals surface area contributed by atoms with Gasteiger partial charge >= 0.3 is 11.9 Å². The van der Waals surface area contributed by atoms with Gasteiger partial charge in [0.2, 0.25) is 0 Å². The first-order valence-electron chi connectivity index (χ1n) is 15.3. The molecule has 0 saturated carbocycles. The fourth-order valence-corrected chi connectivity index (χ4v) is 4.65. The van der Waals surface area contributed by atoms with Crippen molar-refractivity contribution < 1.29 is 57.0 Å². The van der Waals surface area contributed by atoms with Gasteiger partial charge in [0.05, 0.1) is 119 Å². The van der Waals surface area contributed by atoms with Crippen LogP contribution >= 0.6 is 21.6 Å². The third kappa shape index (κ3) is 37.5. The molecule has 0 aromatic heterocycles. The van der Waals surface area contributed by atoms with E-state index in [9.17, 15) is 9.59 Å². The maximum Gasteiger partial charge on any atom is 0.308 e. The number of carbonyl (C=O) groups is 2. The molecule has 0 aromatic carbocycles. The average Bonchev–Trinajstić information content (AvgIpc) is 2.92. The molecule has 262 valence electrons. The Labute approximate surface area is 272 Å². The normalized spacial score (nSPS) is 12.0. The molecule has 0 aliphatic heterocycles. The van der Waals surface area contributed by atoms with Crippen molar-refractivity contribution in [1.82, 2.24) is 0 Å². The van der Waals surface area contributed by atoms with Gasteiger partial charge in [0.1, 0.15) is 11.2 Å². The molecule has 44 heavy (non-hydrogen) atoms. The van der Waals surface area contributed by atoms with E-state index in [2.05, 4.69) is 0 Å². The second-order valence-corrected chi connectivity index (χ2v) is 13.9. The van der Waals surface area contributed by atoms with E-state index >= 15 is 0 Å². The minimum atomic E-state index is -0.470. The van der Waals surface area contributed by atoms with Gasteiger partial charge < -0.3 is 47.4 Å². The molecule has 0 rings (SSSR count). The summed E-state index contributed by atoms with van der Waals surface area (Å²) < 4.78 is 54.1. The Morgan fingerprint density at radius 3 is 0.864 bits per heavy atom. The van der Waals surface area contributed by atoms with Crippen molar-refractivity contribution in [3.8, 4) is 0 Å². The fourth-order valence-electron chi connectivity index (χ4n) is 2.92. The zero-order chi connectivity index (χ0) is 32.8. The lowest BCUT2D eigenvalue weighted by molar-refractivity contribution is -0.157. The maximum absolute atomic E-state index is 11.6. The van der Waals surface area contributed by atoms with E-state index in [1.807, 2.05) is 41.5 Å². The van der Waals surface area contributed by atoms with Gasteiger partial charge in [-0.25, -0.2) is 0 Å². The summed E-state index contributed by atoms with van der Waals surface area (Å²) in [6.07, 6.45) is 0.475. The Bertz CT molecular complexity index is 615. The molecule has 0 aliphatic rings. The predicted molar refractivity (Wildman–Crippen MR) is 172 cm³/mol. The molecule has 0 saturated heterocycles. The molecule has 0 aromatic rings. The minimum absolute atomic E-state index is 0.237. The highest BCUT2D eigenvalue weighted by atomic mass is 33.1. The summed E-state index contributed by atoms with van der Waals surface area (Å²) in [7, 11) is 3.52. The number of hydrogen-bond acceptors (Lipinski definition) is 14. The standard InChI is InChI=1S/C30H58O12S2/c1-29(2,3)41-27(31)7-9-33-11-13-35-15-17-37-19-21-39-23-25-43-44-26-24-40-22-20-38-18-16-36-14-12-34-10-8-28(32)42-30(4,5)6/h7-26H2,1-6H3. The highest BCUT2D eigenvalue weighted by molar-refractivity contribution is 8.76. The van der Waals surface area contributed by atoms with Gasteiger partial charge in [-0.1, -0.05) is 21.6 Å². The Morgan fingerprint density at radius 2 is 0.614 bits per heavy atom. The number of esters is 2. The molecule has 0 aliphatic carbocycles. The van der Waals surface area contributed by atoms with Crippen LogP contribution < -0.4 is 0 Å². The van der Waals surface area contributed by atoms with Gasteiger partial charge in [-0.3, -0.25) is 9.59 Å². The van der Waals surface area contributed by atoms with E-state index in [4.69, 9.17) is 47.4 Å². The number of carbonyl (C=O) groups excluding carboxylic acids is 2. The van der Waals surface area contributed by atoms with Crippen LogP contribution in [0.3, 0.4) is 0 Å². The summed E-state index contributed by atoms with van der Waals surface area (Å²) in [6.45, 7) is 18.9. The Morgan fingerprint density at radius 1 is 0.386 bits per heavy atom. The minimum Gasteiger partial charge on any atom is -0.460 e. The molecule has 0 radical (unpaired) electrons. The van der Waals surface area contributed by atoms with Gasteiger partial charge in [0.25, 0.3) is 0 Å². The fraction of sp³-hybridized carbons (Fsp3) is 0.933. The van der Waals surface area contributed by atoms with Gasteiger partial charge in [-0.2, -0.15) is 0 Å². The first-order valence-corrected chi connectivity index (χ1v) is 17.8. The molecule has 0 heterocycles. The molecule has 14 heteroatoms. The van der Waals surface area contributed by atoms with Crippen molar-refractivity contribution in [2.45, 2.75) is 65.6 Å². The van der Waals surface area contributed by atoms with Crippen molar-refractivity contribution in [3.63, 3.8) is 0 Å². The quantitative estimate of drug-likeness (QED) is 0.0598. The average molecular weight is 675 g/mol. The smallest absolute Gasteiger partial charge is 0.308 e. The summed E-state index contributed by atoms with van der Waals surface area (Å²) >= 11 is 0. The molecular formula is C30H58O12S2. The SMILES string of the molecule is CC(C)(C)OC(=O)CCOCCOCCOCCOCCSSCCOCCOCCOCCOCCC(=O)OC(C)(C)C. The zero-order valence-corrected chi connectivity index (χ0v) is 29.5. The summed E-state index contributed by atoms with van der Waals surface area (Å²) in [5.41, 5.74) is -0.939. The molecule has 0 amide bonds. The highest BCUT2D eigenvalue weighted by Crippen LogP contribution is 2.20. The maximum atomic E-state index is 11.6. The molecule has 0 fully saturated rings. The second-order valence-electron chi connectivity index (χ2n) is 11.2. The van der Waals surface area contributed by atoms with Crippen molar-refractivity contribution in [2.75, 3.05) is 117 Å².